The molecule has 0 fully saturated rings. The highest BCUT2D eigenvalue weighted by Gasteiger charge is 2.35. The molecule has 0 radical (unpaired) electrons. The van der Waals surface area contributed by atoms with Gasteiger partial charge in [0, 0.05) is 44.5 Å². The Labute approximate surface area is 176 Å². The molecule has 2 aliphatic rings. The molecule has 152 valence electrons. The van der Waals surface area contributed by atoms with Gasteiger partial charge in [-0.25, -0.2) is 0 Å². The molecule has 6 nitrogen and oxygen atoms in total. The molecule has 2 heterocycles. The lowest BCUT2D eigenvalue weighted by Gasteiger charge is -2.35. The van der Waals surface area contributed by atoms with Crippen LogP contribution < -0.4 is 5.32 Å². The number of nitrogens with zero attached hydrogens (tertiary/aromatic N) is 3. The van der Waals surface area contributed by atoms with E-state index in [-0.39, 0.29) is 17.3 Å². The zero-order valence-corrected chi connectivity index (χ0v) is 18.2. The maximum Gasteiger partial charge on any atom is 0.255 e. The molecule has 0 aliphatic carbocycles. The van der Waals surface area contributed by atoms with E-state index in [1.807, 2.05) is 20.9 Å². The lowest BCUT2D eigenvalue weighted by Crippen LogP contribution is -2.43. The van der Waals surface area contributed by atoms with E-state index in [9.17, 15) is 4.79 Å². The highest BCUT2D eigenvalue weighted by atomic mass is 35.5. The molecule has 2 N–H and O–H groups in total. The largest absolute Gasteiger partial charge is 0.370 e. The maximum atomic E-state index is 12.9. The van der Waals surface area contributed by atoms with Crippen molar-refractivity contribution >= 4 is 40.5 Å². The second-order valence-electron chi connectivity index (χ2n) is 6.89. The molecule has 0 aromatic heterocycles. The fourth-order valence-corrected chi connectivity index (χ4v) is 3.71. The number of rotatable bonds is 8. The van der Waals surface area contributed by atoms with Gasteiger partial charge in [-0.05, 0) is 25.0 Å². The predicted molar refractivity (Wildman–Crippen MR) is 117 cm³/mol. The molecule has 28 heavy (non-hydrogen) atoms. The standard InChI is InChI=1S/C20H27Cl2N5O/c1-6-16-17(18(22)24-4)11-27(20(16)28)13(3)14-7-12(2)19(26(5)10-14)25-9-15(21)8-23/h6-8,13,15,23,25H,1,9-11H2,2-5H3. The first-order chi connectivity index (χ1) is 13.2. The summed E-state index contributed by atoms with van der Waals surface area (Å²) in [6, 6.07) is -0.0948. The van der Waals surface area contributed by atoms with Crippen molar-refractivity contribution in [1.82, 2.24) is 15.1 Å². The zero-order chi connectivity index (χ0) is 21.0. The Balaban J connectivity index is 2.22. The second-order valence-corrected chi connectivity index (χ2v) is 7.81. The highest BCUT2D eigenvalue weighted by Crippen LogP contribution is 2.29. The third kappa shape index (κ3) is 4.50. The van der Waals surface area contributed by atoms with E-state index >= 15 is 0 Å². The summed E-state index contributed by atoms with van der Waals surface area (Å²) in [7, 11) is 3.60. The van der Waals surface area contributed by atoms with E-state index in [4.69, 9.17) is 28.6 Å². The molecule has 0 spiro atoms. The van der Waals surface area contributed by atoms with E-state index in [0.717, 1.165) is 22.5 Å². The summed E-state index contributed by atoms with van der Waals surface area (Å²) >= 11 is 12.2. The fourth-order valence-electron chi connectivity index (χ4n) is 3.47. The van der Waals surface area contributed by atoms with Crippen LogP contribution in [0, 0.1) is 5.41 Å². The van der Waals surface area contributed by atoms with E-state index in [1.165, 1.54) is 6.21 Å². The average molecular weight is 424 g/mol. The Morgan fingerprint density at radius 1 is 1.50 bits per heavy atom. The van der Waals surface area contributed by atoms with Crippen molar-refractivity contribution in [3.63, 3.8) is 0 Å². The van der Waals surface area contributed by atoms with Gasteiger partial charge in [-0.2, -0.15) is 0 Å². The van der Waals surface area contributed by atoms with E-state index in [1.54, 1.807) is 18.0 Å². The molecule has 2 atom stereocenters. The van der Waals surface area contributed by atoms with Crippen molar-refractivity contribution in [2.24, 2.45) is 4.99 Å². The van der Waals surface area contributed by atoms with E-state index in [0.29, 0.717) is 30.4 Å². The van der Waals surface area contributed by atoms with Gasteiger partial charge in [0.2, 0.25) is 0 Å². The minimum Gasteiger partial charge on any atom is -0.370 e. The predicted octanol–water partition coefficient (Wildman–Crippen LogP) is 2.92. The van der Waals surface area contributed by atoms with Gasteiger partial charge in [0.1, 0.15) is 11.0 Å². The summed E-state index contributed by atoms with van der Waals surface area (Å²) in [6.07, 6.45) is 4.87. The van der Waals surface area contributed by atoms with Crippen molar-refractivity contribution in [1.29, 1.82) is 5.41 Å². The summed E-state index contributed by atoms with van der Waals surface area (Å²) in [4.78, 5) is 20.8. The Morgan fingerprint density at radius 2 is 2.18 bits per heavy atom. The van der Waals surface area contributed by atoms with Gasteiger partial charge < -0.3 is 20.5 Å². The first-order valence-corrected chi connectivity index (χ1v) is 9.86. The van der Waals surface area contributed by atoms with Crippen molar-refractivity contribution in [2.75, 3.05) is 33.7 Å². The molecule has 0 saturated carbocycles. The van der Waals surface area contributed by atoms with Crippen LogP contribution in [0.2, 0.25) is 0 Å². The van der Waals surface area contributed by atoms with Gasteiger partial charge in [0.15, 0.2) is 0 Å². The number of halogens is 2. The number of carbonyl (C=O) groups excluding carboxylic acids is 1. The van der Waals surface area contributed by atoms with Crippen molar-refractivity contribution in [3.8, 4) is 0 Å². The molecule has 8 heteroatoms. The average Bonchev–Trinajstić information content (AvgIpc) is 3.01. The van der Waals surface area contributed by atoms with Crippen LogP contribution in [0.4, 0.5) is 0 Å². The third-order valence-electron chi connectivity index (χ3n) is 5.02. The molecule has 2 rings (SSSR count). The second kappa shape index (κ2) is 9.43. The van der Waals surface area contributed by atoms with Crippen molar-refractivity contribution in [2.45, 2.75) is 25.3 Å². The van der Waals surface area contributed by atoms with Crippen LogP contribution in [0.15, 0.2) is 51.8 Å². The zero-order valence-electron chi connectivity index (χ0n) is 16.7. The first-order valence-electron chi connectivity index (χ1n) is 9.05. The number of likely N-dealkylation sites (N-methyl/N-ethyl adjacent to an activating group) is 1. The van der Waals surface area contributed by atoms with Crippen LogP contribution in [0.5, 0.6) is 0 Å². The number of allylic oxidation sites excluding steroid dienone is 2. The summed E-state index contributed by atoms with van der Waals surface area (Å²) in [5, 5.41) is 10.5. The summed E-state index contributed by atoms with van der Waals surface area (Å²) in [6.45, 7) is 9.37. The number of alkyl halides is 1. The third-order valence-corrected chi connectivity index (χ3v) is 5.70. The van der Waals surface area contributed by atoms with Gasteiger partial charge in [0.05, 0.1) is 18.0 Å². The SMILES string of the molecule is C=CC1=C(C(Cl)=NC)CN(C(C)C2=CC(C)=C(NCC(Cl)C=N)N(C)C2)C1=O. The lowest BCUT2D eigenvalue weighted by molar-refractivity contribution is -0.126. The van der Waals surface area contributed by atoms with Crippen LogP contribution >= 0.6 is 23.2 Å². The lowest BCUT2D eigenvalue weighted by atomic mass is 10.00. The van der Waals surface area contributed by atoms with E-state index in [2.05, 4.69) is 27.9 Å². The normalized spacial score (nSPS) is 20.4. The Morgan fingerprint density at radius 3 is 2.71 bits per heavy atom. The van der Waals surface area contributed by atoms with Gasteiger partial charge in [-0.15, -0.1) is 11.6 Å². The number of hydrogen-bond donors (Lipinski definition) is 2. The van der Waals surface area contributed by atoms with Crippen LogP contribution in [0.3, 0.4) is 0 Å². The number of amides is 1. The molecular weight excluding hydrogens is 397 g/mol. The van der Waals surface area contributed by atoms with Crippen molar-refractivity contribution in [3.05, 3.63) is 46.8 Å². The number of nitrogens with one attached hydrogen (secondary N) is 2. The van der Waals surface area contributed by atoms with Crippen LogP contribution in [0.1, 0.15) is 13.8 Å². The Hall–Kier alpha value is -2.05. The van der Waals surface area contributed by atoms with Crippen LogP contribution in [-0.4, -0.2) is 72.2 Å². The van der Waals surface area contributed by atoms with Gasteiger partial charge >= 0.3 is 0 Å². The molecule has 2 unspecified atom stereocenters. The number of aliphatic imine (C=N–C) groups is 1. The summed E-state index contributed by atoms with van der Waals surface area (Å²) < 4.78 is 0. The monoisotopic (exact) mass is 423 g/mol. The van der Waals surface area contributed by atoms with Gasteiger partial charge in [-0.3, -0.25) is 9.79 Å². The summed E-state index contributed by atoms with van der Waals surface area (Å²) in [5.41, 5.74) is 3.42. The Bertz CT molecular complexity index is 796. The quantitative estimate of drug-likeness (QED) is 0.465. The smallest absolute Gasteiger partial charge is 0.255 e. The number of carbonyl (C=O) groups is 1. The highest BCUT2D eigenvalue weighted by molar-refractivity contribution is 6.70. The molecule has 0 bridgehead atoms. The minimum atomic E-state index is -0.355. The molecule has 2 aliphatic heterocycles. The van der Waals surface area contributed by atoms with Crippen LogP contribution in [0.25, 0.3) is 0 Å². The Kier molecular flexibility index (Phi) is 7.49. The van der Waals surface area contributed by atoms with E-state index < -0.39 is 0 Å². The van der Waals surface area contributed by atoms with Crippen molar-refractivity contribution < 1.29 is 4.79 Å². The molecular formula is C20H27Cl2N5O. The minimum absolute atomic E-state index is 0.0793. The van der Waals surface area contributed by atoms with Crippen LogP contribution in [-0.2, 0) is 4.79 Å². The molecule has 0 aromatic rings. The topological polar surface area (TPSA) is 71.8 Å². The fraction of sp³-hybridized carbons (Fsp3) is 0.450. The first kappa shape index (κ1) is 22.2. The molecule has 0 aromatic carbocycles. The number of hydrogen-bond acceptors (Lipinski definition) is 5. The molecule has 1 amide bonds. The van der Waals surface area contributed by atoms with Gasteiger partial charge in [0.25, 0.3) is 5.91 Å². The van der Waals surface area contributed by atoms with Gasteiger partial charge in [-0.1, -0.05) is 30.3 Å². The maximum absolute atomic E-state index is 12.9. The summed E-state index contributed by atoms with van der Waals surface area (Å²) in [5.74, 6) is 0.896. The molecule has 0 saturated heterocycles.